The third-order valence-electron chi connectivity index (χ3n) is 10.5. The number of para-hydroxylation sites is 2. The minimum atomic E-state index is 0.511. The molecule has 0 amide bonds. The first-order chi connectivity index (χ1) is 27.8. The van der Waals surface area contributed by atoms with Crippen molar-refractivity contribution in [2.75, 3.05) is 88.6 Å². The number of hydrogen-bond donors (Lipinski definition) is 2. The lowest BCUT2D eigenvalue weighted by molar-refractivity contribution is 0.214. The minimum Gasteiger partial charge on any atom is -0.490 e. The fraction of sp³-hybridized carbons (Fsp3) is 0.489. The van der Waals surface area contributed by atoms with E-state index >= 15 is 0 Å². The molecule has 56 heavy (non-hydrogen) atoms. The molecule has 9 heteroatoms. The Bertz CT molecular complexity index is 1570. The third kappa shape index (κ3) is 15.7. The molecule has 0 bridgehead atoms. The Hall–Kier alpha value is -3.02. The van der Waals surface area contributed by atoms with Crippen molar-refractivity contribution in [3.63, 3.8) is 0 Å². The van der Waals surface area contributed by atoms with Crippen LogP contribution in [-0.2, 0) is 32.7 Å². The third-order valence-corrected chi connectivity index (χ3v) is 12.8. The highest BCUT2D eigenvalue weighted by molar-refractivity contribution is 7.99. The monoisotopic (exact) mass is 795 g/mol. The first kappa shape index (κ1) is 42.6. The van der Waals surface area contributed by atoms with Gasteiger partial charge in [-0.05, 0) is 104 Å². The zero-order valence-electron chi connectivity index (χ0n) is 33.6. The molecule has 2 aliphatic heterocycles. The Labute approximate surface area is 346 Å². The number of benzene rings is 4. The van der Waals surface area contributed by atoms with E-state index in [1.807, 2.05) is 12.1 Å². The highest BCUT2D eigenvalue weighted by atomic mass is 32.2. The Morgan fingerprint density at radius 2 is 0.804 bits per heavy atom. The van der Waals surface area contributed by atoms with Gasteiger partial charge in [-0.2, -0.15) is 23.5 Å². The van der Waals surface area contributed by atoms with Crippen LogP contribution in [0, 0.1) is 0 Å². The molecule has 0 atom stereocenters. The molecule has 2 heterocycles. The predicted molar refractivity (Wildman–Crippen MR) is 239 cm³/mol. The Balaban J connectivity index is 0.988. The standard InChI is InChI=1S/C47H65N5O2S2/c1-2-12-41(13-3-1)38-50-24-8-32-55-34-10-26-51(27-11-35-56-33-9-25-50)39-42-18-20-43(21-19-42)40-52-28-22-48-36-44-14-4-6-16-46(44)53-30-31-54-47-17-7-5-15-45(47)37-49-23-29-52/h1-7,12-21,48-49H,8-11,22-40H2. The number of thioether (sulfide) groups is 2. The molecular weight excluding hydrogens is 731 g/mol. The molecule has 1 fully saturated rings. The Kier molecular flexibility index (Phi) is 19.3. The van der Waals surface area contributed by atoms with E-state index in [2.05, 4.69) is 140 Å². The van der Waals surface area contributed by atoms with Gasteiger partial charge in [0.2, 0.25) is 0 Å². The van der Waals surface area contributed by atoms with Crippen LogP contribution in [0.1, 0.15) is 53.5 Å². The lowest BCUT2D eigenvalue weighted by Gasteiger charge is -2.25. The fourth-order valence-electron chi connectivity index (χ4n) is 7.49. The first-order valence-electron chi connectivity index (χ1n) is 21.1. The summed E-state index contributed by atoms with van der Waals surface area (Å²) in [5.74, 6) is 6.88. The van der Waals surface area contributed by atoms with Gasteiger partial charge >= 0.3 is 0 Å². The highest BCUT2D eigenvalue weighted by Crippen LogP contribution is 2.21. The molecule has 0 saturated carbocycles. The van der Waals surface area contributed by atoms with Crippen molar-refractivity contribution in [1.82, 2.24) is 25.3 Å². The van der Waals surface area contributed by atoms with Crippen molar-refractivity contribution in [2.45, 2.75) is 58.4 Å². The van der Waals surface area contributed by atoms with E-state index in [9.17, 15) is 0 Å². The molecular formula is C47H65N5O2S2. The maximum Gasteiger partial charge on any atom is 0.123 e. The zero-order chi connectivity index (χ0) is 38.3. The van der Waals surface area contributed by atoms with Crippen molar-refractivity contribution < 1.29 is 9.47 Å². The molecule has 7 nitrogen and oxygen atoms in total. The average molecular weight is 796 g/mol. The van der Waals surface area contributed by atoms with Crippen LogP contribution in [0.15, 0.2) is 103 Å². The molecule has 6 rings (SSSR count). The van der Waals surface area contributed by atoms with Crippen molar-refractivity contribution in [1.29, 1.82) is 0 Å². The number of nitrogens with zero attached hydrogens (tertiary/aromatic N) is 3. The van der Waals surface area contributed by atoms with Gasteiger partial charge in [-0.1, -0.05) is 91.0 Å². The molecule has 4 aromatic rings. The number of hydrogen-bond acceptors (Lipinski definition) is 9. The summed E-state index contributed by atoms with van der Waals surface area (Å²) < 4.78 is 12.3. The quantitative estimate of drug-likeness (QED) is 0.201. The van der Waals surface area contributed by atoms with Gasteiger partial charge in [0.25, 0.3) is 0 Å². The van der Waals surface area contributed by atoms with Crippen molar-refractivity contribution in [3.8, 4) is 11.5 Å². The summed E-state index contributed by atoms with van der Waals surface area (Å²) in [6.07, 6.45) is 5.08. The van der Waals surface area contributed by atoms with Gasteiger partial charge < -0.3 is 20.1 Å². The molecule has 2 N–H and O–H groups in total. The molecule has 0 aliphatic carbocycles. The second-order valence-corrected chi connectivity index (χ2v) is 17.5. The number of ether oxygens (including phenoxy) is 2. The van der Waals surface area contributed by atoms with Gasteiger partial charge in [0.05, 0.1) is 0 Å². The predicted octanol–water partition coefficient (Wildman–Crippen LogP) is 8.18. The van der Waals surface area contributed by atoms with Crippen LogP contribution in [0.25, 0.3) is 0 Å². The maximum atomic E-state index is 6.15. The smallest absolute Gasteiger partial charge is 0.123 e. The SMILES string of the molecule is c1ccc(CN2CCCSCCCN(Cc3ccc(CN4CCNCc5ccccc5OCCOc5ccccc5CNCC4)cc3)CCCSCCC2)cc1. The van der Waals surface area contributed by atoms with E-state index in [4.69, 9.17) is 9.47 Å². The highest BCUT2D eigenvalue weighted by Gasteiger charge is 2.12. The van der Waals surface area contributed by atoms with Crippen LogP contribution in [0.3, 0.4) is 0 Å². The van der Waals surface area contributed by atoms with E-state index in [1.54, 1.807) is 0 Å². The normalized spacial score (nSPS) is 19.1. The van der Waals surface area contributed by atoms with Gasteiger partial charge in [0.1, 0.15) is 24.7 Å². The maximum absolute atomic E-state index is 6.15. The number of rotatable bonds is 6. The second kappa shape index (κ2) is 25.4. The van der Waals surface area contributed by atoms with Gasteiger partial charge in [-0.15, -0.1) is 0 Å². The summed E-state index contributed by atoms with van der Waals surface area (Å²) >= 11 is 4.30. The van der Waals surface area contributed by atoms with E-state index in [0.29, 0.717) is 13.2 Å². The summed E-state index contributed by atoms with van der Waals surface area (Å²) in [6.45, 7) is 14.2. The average Bonchev–Trinajstić information content (AvgIpc) is 3.23. The topological polar surface area (TPSA) is 52.2 Å². The van der Waals surface area contributed by atoms with Crippen LogP contribution >= 0.6 is 23.5 Å². The fourth-order valence-corrected chi connectivity index (χ4v) is 9.23. The van der Waals surface area contributed by atoms with E-state index in [-0.39, 0.29) is 0 Å². The van der Waals surface area contributed by atoms with Crippen LogP contribution in [0.5, 0.6) is 11.5 Å². The Morgan fingerprint density at radius 3 is 1.25 bits per heavy atom. The molecule has 0 aromatic heterocycles. The number of fused-ring (bicyclic) bond motifs is 2. The second-order valence-electron chi connectivity index (χ2n) is 15.0. The zero-order valence-corrected chi connectivity index (χ0v) is 35.2. The van der Waals surface area contributed by atoms with E-state index < -0.39 is 0 Å². The molecule has 1 saturated heterocycles. The van der Waals surface area contributed by atoms with Crippen LogP contribution in [0.4, 0.5) is 0 Å². The van der Waals surface area contributed by atoms with Crippen LogP contribution in [-0.4, -0.2) is 103 Å². The lowest BCUT2D eigenvalue weighted by atomic mass is 10.1. The first-order valence-corrected chi connectivity index (χ1v) is 23.4. The number of nitrogens with one attached hydrogen (secondary N) is 2. The van der Waals surface area contributed by atoms with Crippen LogP contribution < -0.4 is 20.1 Å². The van der Waals surface area contributed by atoms with Gasteiger partial charge in [0, 0.05) is 70.0 Å². The molecule has 2 aliphatic rings. The largest absolute Gasteiger partial charge is 0.490 e. The Morgan fingerprint density at radius 1 is 0.429 bits per heavy atom. The lowest BCUT2D eigenvalue weighted by Crippen LogP contribution is -2.36. The molecule has 4 aromatic carbocycles. The van der Waals surface area contributed by atoms with Crippen molar-refractivity contribution >= 4 is 23.5 Å². The van der Waals surface area contributed by atoms with Crippen LogP contribution in [0.2, 0.25) is 0 Å². The van der Waals surface area contributed by atoms with Crippen molar-refractivity contribution in [3.05, 3.63) is 131 Å². The summed E-state index contributed by atoms with van der Waals surface area (Å²) in [5.41, 5.74) is 6.60. The summed E-state index contributed by atoms with van der Waals surface area (Å²) in [6, 6.07) is 37.2. The van der Waals surface area contributed by atoms with Crippen molar-refractivity contribution in [2.24, 2.45) is 0 Å². The van der Waals surface area contributed by atoms with Gasteiger partial charge in [0.15, 0.2) is 0 Å². The molecule has 0 spiro atoms. The minimum absolute atomic E-state index is 0.511. The van der Waals surface area contributed by atoms with E-state index in [1.165, 1.54) is 103 Å². The molecule has 302 valence electrons. The molecule has 0 radical (unpaired) electrons. The summed E-state index contributed by atoms with van der Waals surface area (Å²) in [4.78, 5) is 7.96. The molecule has 0 unspecified atom stereocenters. The van der Waals surface area contributed by atoms with E-state index in [0.717, 1.165) is 70.4 Å². The van der Waals surface area contributed by atoms with Gasteiger partial charge in [-0.3, -0.25) is 14.7 Å². The summed E-state index contributed by atoms with van der Waals surface area (Å²) in [5, 5.41) is 7.37. The summed E-state index contributed by atoms with van der Waals surface area (Å²) in [7, 11) is 0. The van der Waals surface area contributed by atoms with Gasteiger partial charge in [-0.25, -0.2) is 0 Å².